The van der Waals surface area contributed by atoms with E-state index in [0.717, 1.165) is 5.56 Å². The summed E-state index contributed by atoms with van der Waals surface area (Å²) in [5, 5.41) is 53.3. The first-order chi connectivity index (χ1) is 21.6. The van der Waals surface area contributed by atoms with Gasteiger partial charge in [0.2, 0.25) is 5.78 Å². The molecular weight excluding hydrogens is 607 g/mol. The molecule has 8 atom stereocenters. The number of Topliss-reactive ketones (excluding diaryl/α,β-unsaturated/α-hetero) is 1. The molecular formula is C32H39FN2O11. The van der Waals surface area contributed by atoms with Gasteiger partial charge in [-0.2, -0.15) is 0 Å². The van der Waals surface area contributed by atoms with E-state index in [1.807, 2.05) is 0 Å². The number of hydrogen-bond donors (Lipinski definition) is 6. The molecule has 0 spiro atoms. The maximum atomic E-state index is 17.2. The summed E-state index contributed by atoms with van der Waals surface area (Å²) in [5.74, 6) is -4.39. The van der Waals surface area contributed by atoms with Crippen molar-refractivity contribution < 1.29 is 58.9 Å². The first kappa shape index (κ1) is 34.0. The molecule has 4 aliphatic carbocycles. The topological polar surface area (TPSA) is 203 Å². The van der Waals surface area contributed by atoms with E-state index in [1.54, 1.807) is 19.1 Å². The summed E-state index contributed by atoms with van der Waals surface area (Å²) in [5.41, 5.74) is -5.86. The predicted molar refractivity (Wildman–Crippen MR) is 155 cm³/mol. The standard InChI is InChI=1S/C32H39FN2O11/c1-29-11-9-21(36)13-20(29)7-8-22-23-14-24(37)32(42,30(23,2)15-25(38)31(22,29)33)26(39)17-45-27(40)16-34-28(41)19-5-3-18(4-6-19)10-12-46-35(43)44/h3-6,9,11,13,22-25,37-38,42-44H,7-8,10,12,14-17H2,1-2H3,(H,34,41)/t22-,23-,24+,25-,29-,30-,31-,32-/m0/s1. The van der Waals surface area contributed by atoms with E-state index in [1.165, 1.54) is 37.3 Å². The molecule has 5 rings (SSSR count). The third-order valence-corrected chi connectivity index (χ3v) is 10.9. The smallest absolute Gasteiger partial charge is 0.325 e. The average molecular weight is 647 g/mol. The summed E-state index contributed by atoms with van der Waals surface area (Å²) in [4.78, 5) is 54.9. The van der Waals surface area contributed by atoms with Crippen molar-refractivity contribution in [3.63, 3.8) is 0 Å². The van der Waals surface area contributed by atoms with E-state index in [9.17, 15) is 34.5 Å². The lowest BCUT2D eigenvalue weighted by Crippen LogP contribution is -2.69. The number of halogens is 1. The Bertz CT molecular complexity index is 1460. The van der Waals surface area contributed by atoms with E-state index in [2.05, 4.69) is 10.2 Å². The van der Waals surface area contributed by atoms with Crippen LogP contribution in [-0.4, -0.2) is 97.8 Å². The van der Waals surface area contributed by atoms with E-state index < -0.39 is 82.3 Å². The number of carbonyl (C=O) groups is 4. The van der Waals surface area contributed by atoms with Gasteiger partial charge in [0.15, 0.2) is 23.7 Å². The number of allylic oxidation sites excluding steroid dienone is 4. The summed E-state index contributed by atoms with van der Waals surface area (Å²) in [6, 6.07) is 6.20. The van der Waals surface area contributed by atoms with Crippen LogP contribution in [0.25, 0.3) is 0 Å². The van der Waals surface area contributed by atoms with Crippen molar-refractivity contribution in [3.05, 3.63) is 59.2 Å². The molecule has 1 aromatic carbocycles. The highest BCUT2D eigenvalue weighted by atomic mass is 19.1. The second kappa shape index (κ2) is 12.3. The zero-order chi connectivity index (χ0) is 33.7. The van der Waals surface area contributed by atoms with Gasteiger partial charge < -0.3 is 25.4 Å². The van der Waals surface area contributed by atoms with E-state index in [-0.39, 0.29) is 37.2 Å². The summed E-state index contributed by atoms with van der Waals surface area (Å²) in [7, 11) is 0. The zero-order valence-electron chi connectivity index (χ0n) is 25.5. The number of benzene rings is 1. The molecule has 250 valence electrons. The lowest BCUT2D eigenvalue weighted by molar-refractivity contribution is -0.492. The van der Waals surface area contributed by atoms with Crippen LogP contribution in [0.5, 0.6) is 0 Å². The number of nitrogens with zero attached hydrogens (tertiary/aromatic N) is 1. The first-order valence-electron chi connectivity index (χ1n) is 15.2. The van der Waals surface area contributed by atoms with Gasteiger partial charge >= 0.3 is 5.97 Å². The Morgan fingerprint density at radius 1 is 1.09 bits per heavy atom. The predicted octanol–water partition coefficient (Wildman–Crippen LogP) is 1.16. The number of rotatable bonds is 10. The van der Waals surface area contributed by atoms with Crippen molar-refractivity contribution >= 4 is 23.4 Å². The summed E-state index contributed by atoms with van der Waals surface area (Å²) < 4.78 is 22.3. The number of alkyl halides is 1. The Balaban J connectivity index is 1.21. The summed E-state index contributed by atoms with van der Waals surface area (Å²) >= 11 is 0. The number of esters is 1. The Morgan fingerprint density at radius 2 is 1.78 bits per heavy atom. The average Bonchev–Trinajstić information content (AvgIpc) is 3.21. The minimum Gasteiger partial charge on any atom is -0.456 e. The Hall–Kier alpha value is -3.37. The van der Waals surface area contributed by atoms with Crippen molar-refractivity contribution in [2.45, 2.75) is 69.4 Å². The van der Waals surface area contributed by atoms with E-state index in [0.29, 0.717) is 18.4 Å². The van der Waals surface area contributed by atoms with Crippen molar-refractivity contribution in [1.29, 1.82) is 0 Å². The number of fused-ring (bicyclic) bond motifs is 5. The van der Waals surface area contributed by atoms with Crippen LogP contribution in [0.15, 0.2) is 48.1 Å². The lowest BCUT2D eigenvalue weighted by atomic mass is 9.44. The van der Waals surface area contributed by atoms with E-state index in [4.69, 9.17) is 15.2 Å². The van der Waals surface area contributed by atoms with Gasteiger partial charge in [-0.15, -0.1) is 0 Å². The number of nitrogens with one attached hydrogen (secondary N) is 1. The normalized spacial score (nSPS) is 36.4. The van der Waals surface area contributed by atoms with Crippen molar-refractivity contribution in [3.8, 4) is 0 Å². The molecule has 0 bridgehead atoms. The Labute approximate surface area is 264 Å². The molecule has 3 fully saturated rings. The van der Waals surface area contributed by atoms with Gasteiger partial charge in [-0.1, -0.05) is 30.7 Å². The molecule has 0 heterocycles. The molecule has 3 saturated carbocycles. The molecule has 46 heavy (non-hydrogen) atoms. The molecule has 14 heteroatoms. The molecule has 1 aromatic rings. The Morgan fingerprint density at radius 3 is 2.46 bits per heavy atom. The fraction of sp³-hybridized carbons (Fsp3) is 0.562. The van der Waals surface area contributed by atoms with Gasteiger partial charge in [0.1, 0.15) is 6.54 Å². The van der Waals surface area contributed by atoms with Crippen LogP contribution in [0.3, 0.4) is 0 Å². The third kappa shape index (κ3) is 5.41. The third-order valence-electron chi connectivity index (χ3n) is 10.9. The number of aliphatic hydroxyl groups is 3. The number of ether oxygens (including phenoxy) is 1. The number of ketones is 2. The van der Waals surface area contributed by atoms with Gasteiger partial charge in [-0.3, -0.25) is 34.4 Å². The van der Waals surface area contributed by atoms with E-state index >= 15 is 4.39 Å². The molecule has 0 saturated heterocycles. The molecule has 1 amide bonds. The summed E-state index contributed by atoms with van der Waals surface area (Å²) in [6.45, 7) is 1.64. The maximum absolute atomic E-state index is 17.2. The van der Waals surface area contributed by atoms with Gasteiger partial charge in [0, 0.05) is 22.3 Å². The van der Waals surface area contributed by atoms with Crippen molar-refractivity contribution in [2.24, 2.45) is 22.7 Å². The molecule has 0 aromatic heterocycles. The summed E-state index contributed by atoms with van der Waals surface area (Å²) in [6.07, 6.45) is 1.40. The SMILES string of the molecule is C[C@]12C=CC(=O)C=C1CC[C@H]1[C@@H]3C[C@@H](O)[C@](O)(C(=O)COC(=O)CNC(=O)c4ccc(CCON(O)O)cc4)[C@@]3(C)C[C@H](O)[C@@]12F. The Kier molecular flexibility index (Phi) is 9.11. The van der Waals surface area contributed by atoms with Crippen molar-refractivity contribution in [2.75, 3.05) is 19.8 Å². The fourth-order valence-corrected chi connectivity index (χ4v) is 8.36. The van der Waals surface area contributed by atoms with Gasteiger partial charge in [0.25, 0.3) is 5.91 Å². The van der Waals surface area contributed by atoms with Crippen LogP contribution in [0.4, 0.5) is 4.39 Å². The molecule has 0 aliphatic heterocycles. The highest BCUT2D eigenvalue weighted by Gasteiger charge is 2.76. The fourth-order valence-electron chi connectivity index (χ4n) is 8.36. The second-order valence-corrected chi connectivity index (χ2v) is 13.1. The lowest BCUT2D eigenvalue weighted by Gasteiger charge is -2.62. The van der Waals surface area contributed by atoms with Crippen molar-refractivity contribution in [1.82, 2.24) is 10.7 Å². The number of aliphatic hydroxyl groups excluding tert-OH is 2. The highest BCUT2D eigenvalue weighted by molar-refractivity contribution is 6.01. The van der Waals surface area contributed by atoms with Gasteiger partial charge in [-0.05, 0) is 74.8 Å². The first-order valence-corrected chi connectivity index (χ1v) is 15.2. The monoisotopic (exact) mass is 646 g/mol. The van der Waals surface area contributed by atoms with Crippen LogP contribution in [-0.2, 0) is 30.4 Å². The number of carbonyl (C=O) groups excluding carboxylic acids is 4. The highest BCUT2D eigenvalue weighted by Crippen LogP contribution is 2.69. The number of hydrogen-bond acceptors (Lipinski definition) is 12. The number of amides is 1. The molecule has 0 radical (unpaired) electrons. The van der Waals surface area contributed by atoms with Gasteiger partial charge in [-0.25, -0.2) is 4.39 Å². The van der Waals surface area contributed by atoms with Crippen LogP contribution in [0.1, 0.15) is 55.5 Å². The van der Waals surface area contributed by atoms with Crippen LogP contribution >= 0.6 is 0 Å². The van der Waals surface area contributed by atoms with Crippen LogP contribution in [0, 0.1) is 22.7 Å². The minimum absolute atomic E-state index is 0.0223. The quantitative estimate of drug-likeness (QED) is 0.157. The molecule has 0 unspecified atom stereocenters. The van der Waals surface area contributed by atoms with Gasteiger partial charge in [0.05, 0.1) is 24.2 Å². The zero-order valence-corrected chi connectivity index (χ0v) is 25.5. The van der Waals surface area contributed by atoms with Crippen LogP contribution in [0.2, 0.25) is 0 Å². The molecule has 6 N–H and O–H groups in total. The largest absolute Gasteiger partial charge is 0.456 e. The molecule has 4 aliphatic rings. The van der Waals surface area contributed by atoms with Crippen LogP contribution < -0.4 is 5.32 Å². The second-order valence-electron chi connectivity index (χ2n) is 13.1. The molecule has 13 nitrogen and oxygen atoms in total. The minimum atomic E-state index is -2.45. The maximum Gasteiger partial charge on any atom is 0.325 e.